The fraction of sp³-hybridized carbons (Fsp3) is 0.167. The molecule has 0 fully saturated rings. The van der Waals surface area contributed by atoms with E-state index in [-0.39, 0.29) is 5.30 Å². The van der Waals surface area contributed by atoms with Crippen molar-refractivity contribution in [1.29, 1.82) is 0 Å². The second-order valence-corrected chi connectivity index (χ2v) is 6.42. The third-order valence-corrected chi connectivity index (χ3v) is 4.77. The van der Waals surface area contributed by atoms with E-state index in [2.05, 4.69) is 10.2 Å². The molecule has 2 aromatic rings. The first-order valence-corrected chi connectivity index (χ1v) is 8.09. The summed E-state index contributed by atoms with van der Waals surface area (Å²) in [6, 6.07) is 8.69. The second-order valence-electron chi connectivity index (χ2n) is 3.83. The van der Waals surface area contributed by atoms with Crippen LogP contribution in [0.3, 0.4) is 0 Å². The Hall–Kier alpha value is -1.20. The van der Waals surface area contributed by atoms with Crippen molar-refractivity contribution < 1.29 is 14.4 Å². The van der Waals surface area contributed by atoms with Crippen molar-refractivity contribution in [2.24, 2.45) is 0 Å². The highest BCUT2D eigenvalue weighted by atomic mass is 32.2. The topological polar surface area (TPSA) is 83.3 Å². The highest BCUT2D eigenvalue weighted by molar-refractivity contribution is 7.99. The molecule has 1 aromatic heterocycles. The number of aryl methyl sites for hydroxylation is 1. The Bertz CT molecular complexity index is 616. The maximum absolute atomic E-state index is 11.7. The van der Waals surface area contributed by atoms with E-state index in [1.54, 1.807) is 36.5 Å². The molecular formula is C12H13N2O3PS. The lowest BCUT2D eigenvalue weighted by molar-refractivity contribution is 0.386. The minimum Gasteiger partial charge on any atom is -0.321 e. The molecule has 0 bridgehead atoms. The van der Waals surface area contributed by atoms with E-state index < -0.39 is 7.60 Å². The van der Waals surface area contributed by atoms with Crippen LogP contribution in [-0.2, 0) is 11.0 Å². The van der Waals surface area contributed by atoms with Gasteiger partial charge in [-0.2, -0.15) is 5.10 Å². The highest BCUT2D eigenvalue weighted by Crippen LogP contribution is 2.40. The van der Waals surface area contributed by atoms with Crippen molar-refractivity contribution in [3.05, 3.63) is 42.1 Å². The van der Waals surface area contributed by atoms with Crippen molar-refractivity contribution >= 4 is 24.7 Å². The van der Waals surface area contributed by atoms with Crippen LogP contribution in [0.5, 0.6) is 0 Å². The van der Waals surface area contributed by atoms with Gasteiger partial charge in [-0.3, -0.25) is 4.57 Å². The van der Waals surface area contributed by atoms with E-state index >= 15 is 0 Å². The van der Waals surface area contributed by atoms with Gasteiger partial charge in [0.1, 0.15) is 5.03 Å². The minimum atomic E-state index is -4.32. The molecule has 0 amide bonds. The Morgan fingerprint density at radius 3 is 2.63 bits per heavy atom. The molecule has 5 nitrogen and oxygen atoms in total. The van der Waals surface area contributed by atoms with E-state index in [1.807, 2.05) is 6.92 Å². The van der Waals surface area contributed by atoms with Gasteiger partial charge in [0, 0.05) is 11.1 Å². The zero-order valence-corrected chi connectivity index (χ0v) is 11.9. The van der Waals surface area contributed by atoms with Crippen molar-refractivity contribution in [1.82, 2.24) is 10.2 Å². The molecule has 0 saturated carbocycles. The zero-order chi connectivity index (χ0) is 13.9. The summed E-state index contributed by atoms with van der Waals surface area (Å²) in [5, 5.41) is 8.36. The molecule has 0 spiro atoms. The van der Waals surface area contributed by atoms with Crippen LogP contribution in [0.4, 0.5) is 0 Å². The van der Waals surface area contributed by atoms with Crippen LogP contribution < -0.4 is 5.30 Å². The van der Waals surface area contributed by atoms with Gasteiger partial charge in [0.15, 0.2) is 0 Å². The van der Waals surface area contributed by atoms with E-state index in [0.717, 1.165) is 0 Å². The molecule has 2 N–H and O–H groups in total. The number of nitrogens with zero attached hydrogens (tertiary/aromatic N) is 2. The summed E-state index contributed by atoms with van der Waals surface area (Å²) in [5.41, 5.74) is 0.655. The quantitative estimate of drug-likeness (QED) is 0.840. The Balaban J connectivity index is 2.49. The third-order valence-electron chi connectivity index (χ3n) is 2.52. The molecule has 0 aliphatic rings. The molecule has 2 rings (SSSR count). The summed E-state index contributed by atoms with van der Waals surface area (Å²) < 4.78 is 11.7. The maximum atomic E-state index is 11.7. The summed E-state index contributed by atoms with van der Waals surface area (Å²) >= 11 is 1.20. The molecule has 0 aliphatic carbocycles. The first-order valence-electron chi connectivity index (χ1n) is 5.66. The molecule has 7 heteroatoms. The smallest absolute Gasteiger partial charge is 0.321 e. The molecule has 0 atom stereocenters. The lowest BCUT2D eigenvalue weighted by atomic mass is 10.2. The molecule has 100 valence electrons. The number of hydrogen-bond donors (Lipinski definition) is 2. The van der Waals surface area contributed by atoms with Crippen LogP contribution in [-0.4, -0.2) is 20.0 Å². The van der Waals surface area contributed by atoms with Crippen molar-refractivity contribution in [2.45, 2.75) is 23.3 Å². The Kier molecular flexibility index (Phi) is 4.37. The number of benzene rings is 1. The monoisotopic (exact) mass is 296 g/mol. The summed E-state index contributed by atoms with van der Waals surface area (Å²) in [6.45, 7) is 1.87. The van der Waals surface area contributed by atoms with Crippen LogP contribution in [0.1, 0.15) is 12.5 Å². The summed E-state index contributed by atoms with van der Waals surface area (Å²) in [4.78, 5) is 19.6. The van der Waals surface area contributed by atoms with E-state index in [1.165, 1.54) is 11.8 Å². The van der Waals surface area contributed by atoms with Crippen LogP contribution in [0.2, 0.25) is 0 Å². The van der Waals surface area contributed by atoms with Gasteiger partial charge in [0.2, 0.25) is 0 Å². The van der Waals surface area contributed by atoms with E-state index in [9.17, 15) is 14.4 Å². The number of rotatable bonds is 4. The molecule has 0 aliphatic heterocycles. The lowest BCUT2D eigenvalue weighted by Gasteiger charge is -2.14. The van der Waals surface area contributed by atoms with Crippen molar-refractivity contribution in [3.8, 4) is 0 Å². The molecule has 1 heterocycles. The SMILES string of the molecule is CCc1cccc(Sc2cccnn2)c1P(=O)(O)O. The predicted octanol–water partition coefficient (Wildman–Crippen LogP) is 1.99. The van der Waals surface area contributed by atoms with Crippen molar-refractivity contribution in [2.75, 3.05) is 0 Å². The Morgan fingerprint density at radius 2 is 2.05 bits per heavy atom. The van der Waals surface area contributed by atoms with Crippen LogP contribution >= 0.6 is 19.4 Å². The Labute approximate surface area is 115 Å². The first kappa shape index (κ1) is 14.2. The fourth-order valence-electron chi connectivity index (χ4n) is 1.72. The van der Waals surface area contributed by atoms with Crippen molar-refractivity contribution in [3.63, 3.8) is 0 Å². The lowest BCUT2D eigenvalue weighted by Crippen LogP contribution is -2.13. The Morgan fingerprint density at radius 1 is 1.26 bits per heavy atom. The normalized spacial score (nSPS) is 11.5. The van der Waals surface area contributed by atoms with Gasteiger partial charge >= 0.3 is 7.60 Å². The largest absolute Gasteiger partial charge is 0.357 e. The first-order chi connectivity index (χ1) is 9.02. The van der Waals surface area contributed by atoms with Gasteiger partial charge < -0.3 is 9.79 Å². The summed E-state index contributed by atoms with van der Waals surface area (Å²) in [6.07, 6.45) is 2.12. The maximum Gasteiger partial charge on any atom is 0.357 e. The number of aromatic nitrogens is 2. The van der Waals surface area contributed by atoms with Gasteiger partial charge in [-0.05, 0) is 30.2 Å². The predicted molar refractivity (Wildman–Crippen MR) is 73.7 cm³/mol. The van der Waals surface area contributed by atoms with Gasteiger partial charge in [-0.25, -0.2) is 0 Å². The molecule has 19 heavy (non-hydrogen) atoms. The van der Waals surface area contributed by atoms with Gasteiger partial charge in [0.05, 0.1) is 5.30 Å². The molecular weight excluding hydrogens is 283 g/mol. The molecule has 0 unspecified atom stereocenters. The van der Waals surface area contributed by atoms with Gasteiger partial charge in [0.25, 0.3) is 0 Å². The molecule has 1 aromatic carbocycles. The summed E-state index contributed by atoms with van der Waals surface area (Å²) in [5.74, 6) is 0. The van der Waals surface area contributed by atoms with Crippen LogP contribution in [0, 0.1) is 0 Å². The minimum absolute atomic E-state index is 0.0909. The highest BCUT2D eigenvalue weighted by Gasteiger charge is 2.25. The van der Waals surface area contributed by atoms with E-state index in [0.29, 0.717) is 21.9 Å². The van der Waals surface area contributed by atoms with Crippen LogP contribution in [0.25, 0.3) is 0 Å². The van der Waals surface area contributed by atoms with E-state index in [4.69, 9.17) is 0 Å². The standard InChI is InChI=1S/C12H13N2O3PS/c1-2-9-5-3-6-10(12(9)18(15,16)17)19-11-7-4-8-13-14-11/h3-8H,2H2,1H3,(H2,15,16,17). The zero-order valence-electron chi connectivity index (χ0n) is 10.2. The number of hydrogen-bond acceptors (Lipinski definition) is 4. The molecule has 0 radical (unpaired) electrons. The van der Waals surface area contributed by atoms with Gasteiger partial charge in [-0.1, -0.05) is 30.8 Å². The fourth-order valence-corrected chi connectivity index (χ4v) is 4.02. The van der Waals surface area contributed by atoms with Gasteiger partial charge in [-0.15, -0.1) is 5.10 Å². The average molecular weight is 296 g/mol. The average Bonchev–Trinajstić information content (AvgIpc) is 2.38. The van der Waals surface area contributed by atoms with Crippen LogP contribution in [0.15, 0.2) is 46.5 Å². The second kappa shape index (κ2) is 5.84. The third kappa shape index (κ3) is 3.42. The summed E-state index contributed by atoms with van der Waals surface area (Å²) in [7, 11) is -4.32. The molecule has 0 saturated heterocycles.